The quantitative estimate of drug-likeness (QED) is 0.135. The molecule has 3 nitrogen and oxygen atoms in total. The Bertz CT molecular complexity index is 367. The predicted molar refractivity (Wildman–Crippen MR) is 136 cm³/mol. The number of unbranched alkanes of at least 4 members (excludes halogenated alkanes) is 12. The van der Waals surface area contributed by atoms with Gasteiger partial charge in [-0.3, -0.25) is 0 Å². The second-order valence-corrected chi connectivity index (χ2v) is 14.1. The summed E-state index contributed by atoms with van der Waals surface area (Å²) in [5.41, 5.74) is 6.28. The number of rotatable bonds is 22. The largest absolute Gasteiger partial charge is 0.398 e. The van der Waals surface area contributed by atoms with Crippen LogP contribution in [0.2, 0.25) is 12.6 Å². The summed E-state index contributed by atoms with van der Waals surface area (Å²) in [4.78, 5) is 0. The molecule has 0 aliphatic heterocycles. The molecular weight excluding hydrogens is 386 g/mol. The zero-order valence-electron chi connectivity index (χ0n) is 21.7. The van der Waals surface area contributed by atoms with Crippen molar-refractivity contribution in [2.24, 2.45) is 11.7 Å². The molecule has 1 atom stereocenters. The Balaban J connectivity index is 3.83. The maximum atomic E-state index is 6.35. The normalized spacial score (nSPS) is 13.7. The van der Waals surface area contributed by atoms with Crippen molar-refractivity contribution >= 4 is 8.56 Å². The van der Waals surface area contributed by atoms with Crippen molar-refractivity contribution in [2.75, 3.05) is 14.2 Å². The minimum Gasteiger partial charge on any atom is -0.398 e. The van der Waals surface area contributed by atoms with E-state index in [1.54, 1.807) is 14.2 Å². The molecule has 0 spiro atoms. The molecule has 4 heteroatoms. The van der Waals surface area contributed by atoms with Gasteiger partial charge in [0.1, 0.15) is 0 Å². The molecule has 30 heavy (non-hydrogen) atoms. The van der Waals surface area contributed by atoms with E-state index < -0.39 is 8.56 Å². The molecule has 0 saturated carbocycles. The third-order valence-corrected chi connectivity index (χ3v) is 9.63. The van der Waals surface area contributed by atoms with Crippen molar-refractivity contribution in [1.29, 1.82) is 0 Å². The number of hydrogen-bond donors (Lipinski definition) is 1. The zero-order chi connectivity index (χ0) is 22.7. The van der Waals surface area contributed by atoms with Gasteiger partial charge in [0, 0.05) is 19.8 Å². The lowest BCUT2D eigenvalue weighted by Gasteiger charge is -2.28. The molecule has 0 rings (SSSR count). The lowest BCUT2D eigenvalue weighted by Crippen LogP contribution is -2.36. The predicted octanol–water partition coefficient (Wildman–Crippen LogP) is 8.36. The van der Waals surface area contributed by atoms with E-state index in [-0.39, 0.29) is 5.54 Å². The minimum atomic E-state index is -1.93. The van der Waals surface area contributed by atoms with Gasteiger partial charge in [0.05, 0.1) is 0 Å². The van der Waals surface area contributed by atoms with Gasteiger partial charge in [-0.15, -0.1) is 0 Å². The summed E-state index contributed by atoms with van der Waals surface area (Å²) in [6.07, 6.45) is 23.4. The molecule has 0 heterocycles. The van der Waals surface area contributed by atoms with Crippen LogP contribution in [0.3, 0.4) is 0 Å². The van der Waals surface area contributed by atoms with Crippen LogP contribution in [0.15, 0.2) is 0 Å². The molecular formula is C26H57NO2Si. The fourth-order valence-electron chi connectivity index (χ4n) is 4.54. The molecule has 0 bridgehead atoms. The van der Waals surface area contributed by atoms with Crippen LogP contribution in [0.1, 0.15) is 130 Å². The highest BCUT2D eigenvalue weighted by atomic mass is 28.4. The van der Waals surface area contributed by atoms with Crippen LogP contribution in [0, 0.1) is 5.92 Å². The summed E-state index contributed by atoms with van der Waals surface area (Å²) in [5, 5.41) is 0. The molecule has 0 aliphatic rings. The Morgan fingerprint density at radius 3 is 1.50 bits per heavy atom. The van der Waals surface area contributed by atoms with E-state index in [0.717, 1.165) is 18.4 Å². The van der Waals surface area contributed by atoms with Gasteiger partial charge in [0.25, 0.3) is 0 Å². The average molecular weight is 444 g/mol. The van der Waals surface area contributed by atoms with Gasteiger partial charge in [0.2, 0.25) is 0 Å². The molecule has 0 aromatic carbocycles. The molecule has 0 saturated heterocycles. The molecule has 0 fully saturated rings. The third kappa shape index (κ3) is 18.8. The summed E-state index contributed by atoms with van der Waals surface area (Å²) in [5.74, 6) is 0.740. The van der Waals surface area contributed by atoms with Crippen LogP contribution >= 0.6 is 0 Å². The highest BCUT2D eigenvalue weighted by Gasteiger charge is 2.28. The first kappa shape index (κ1) is 30.1. The summed E-state index contributed by atoms with van der Waals surface area (Å²) in [6, 6.07) is 1.08. The van der Waals surface area contributed by atoms with Crippen LogP contribution in [-0.4, -0.2) is 28.3 Å². The van der Waals surface area contributed by atoms with Crippen LogP contribution in [-0.2, 0) is 8.85 Å². The third-order valence-electron chi connectivity index (χ3n) is 6.64. The molecule has 0 aromatic rings. The molecule has 0 aromatic heterocycles. The minimum absolute atomic E-state index is 0.0650. The van der Waals surface area contributed by atoms with Gasteiger partial charge >= 0.3 is 8.56 Å². The van der Waals surface area contributed by atoms with E-state index in [2.05, 4.69) is 27.3 Å². The maximum Gasteiger partial charge on any atom is 0.334 e. The molecule has 182 valence electrons. The summed E-state index contributed by atoms with van der Waals surface area (Å²) in [7, 11) is 1.67. The fourth-order valence-corrected chi connectivity index (χ4v) is 5.96. The highest BCUT2D eigenvalue weighted by Crippen LogP contribution is 2.27. The second-order valence-electron chi connectivity index (χ2n) is 10.5. The van der Waals surface area contributed by atoms with Crippen molar-refractivity contribution < 1.29 is 8.85 Å². The van der Waals surface area contributed by atoms with E-state index in [9.17, 15) is 0 Å². The monoisotopic (exact) mass is 443 g/mol. The van der Waals surface area contributed by atoms with E-state index in [1.807, 2.05) is 0 Å². The Kier molecular flexibility index (Phi) is 18.7. The number of hydrogen-bond acceptors (Lipinski definition) is 3. The lowest BCUT2D eigenvalue weighted by molar-refractivity contribution is 0.245. The van der Waals surface area contributed by atoms with E-state index in [0.29, 0.717) is 0 Å². The van der Waals surface area contributed by atoms with Gasteiger partial charge in [-0.05, 0) is 38.8 Å². The smallest absolute Gasteiger partial charge is 0.334 e. The lowest BCUT2D eigenvalue weighted by atomic mass is 9.85. The van der Waals surface area contributed by atoms with Crippen LogP contribution in [0.25, 0.3) is 0 Å². The Morgan fingerprint density at radius 2 is 1.10 bits per heavy atom. The van der Waals surface area contributed by atoms with Gasteiger partial charge in [-0.2, -0.15) is 0 Å². The standard InChI is InChI=1S/C26H57NO2Si/c1-7-8-9-10-11-12-13-14-15-16-17-18-19-21-25(24-26(2,3)27)22-20-23-30(6,28-4)29-5/h25H,7-24,27H2,1-6H3. The van der Waals surface area contributed by atoms with Crippen LogP contribution in [0.4, 0.5) is 0 Å². The molecule has 0 aliphatic carbocycles. The average Bonchev–Trinajstić information content (AvgIpc) is 2.70. The van der Waals surface area contributed by atoms with E-state index in [4.69, 9.17) is 14.6 Å². The first-order valence-electron chi connectivity index (χ1n) is 13.2. The number of nitrogens with two attached hydrogens (primary N) is 1. The van der Waals surface area contributed by atoms with E-state index >= 15 is 0 Å². The molecule has 2 N–H and O–H groups in total. The maximum absolute atomic E-state index is 6.35. The summed E-state index contributed by atoms with van der Waals surface area (Å²) < 4.78 is 11.3. The van der Waals surface area contributed by atoms with Crippen LogP contribution in [0.5, 0.6) is 0 Å². The summed E-state index contributed by atoms with van der Waals surface area (Å²) >= 11 is 0. The van der Waals surface area contributed by atoms with Gasteiger partial charge < -0.3 is 14.6 Å². The van der Waals surface area contributed by atoms with Gasteiger partial charge in [0.15, 0.2) is 0 Å². The fraction of sp³-hybridized carbons (Fsp3) is 1.00. The van der Waals surface area contributed by atoms with E-state index in [1.165, 1.54) is 103 Å². The molecule has 0 radical (unpaired) electrons. The summed E-state index contributed by atoms with van der Waals surface area (Å²) in [6.45, 7) is 8.81. The van der Waals surface area contributed by atoms with Crippen LogP contribution < -0.4 is 5.73 Å². The zero-order valence-corrected chi connectivity index (χ0v) is 22.7. The Morgan fingerprint density at radius 1 is 0.700 bits per heavy atom. The van der Waals surface area contributed by atoms with Crippen molar-refractivity contribution in [3.05, 3.63) is 0 Å². The first-order valence-corrected chi connectivity index (χ1v) is 15.7. The second kappa shape index (κ2) is 18.6. The topological polar surface area (TPSA) is 44.5 Å². The first-order chi connectivity index (χ1) is 14.3. The SMILES string of the molecule is CCCCCCCCCCCCCCCC(CCC[Si](C)(OC)OC)CC(C)(C)N. The molecule has 1 unspecified atom stereocenters. The highest BCUT2D eigenvalue weighted by molar-refractivity contribution is 6.65. The van der Waals surface area contributed by atoms with Gasteiger partial charge in [-0.1, -0.05) is 110 Å². The van der Waals surface area contributed by atoms with Crippen molar-refractivity contribution in [3.8, 4) is 0 Å². The van der Waals surface area contributed by atoms with Gasteiger partial charge in [-0.25, -0.2) is 0 Å². The molecule has 0 amide bonds. The van der Waals surface area contributed by atoms with Crippen molar-refractivity contribution in [1.82, 2.24) is 0 Å². The Hall–Kier alpha value is 0.0969. The van der Waals surface area contributed by atoms with Crippen molar-refractivity contribution in [2.45, 2.75) is 148 Å². The Labute approximate surface area is 191 Å². The van der Waals surface area contributed by atoms with Crippen molar-refractivity contribution in [3.63, 3.8) is 0 Å².